The molecule has 5 N–H and O–H groups in total. The van der Waals surface area contributed by atoms with Crippen LogP contribution in [0.4, 0.5) is 10.7 Å². The van der Waals surface area contributed by atoms with Crippen molar-refractivity contribution in [3.8, 4) is 20.3 Å². The molecule has 3 aromatic rings. The molecule has 32 heavy (non-hydrogen) atoms. The average molecular weight is 471 g/mol. The van der Waals surface area contributed by atoms with Crippen LogP contribution in [-0.2, 0) is 6.54 Å². The monoisotopic (exact) mass is 470 g/mol. The molecule has 2 amide bonds. The number of anilines is 1. The number of hydrogen-bond donors (Lipinski definition) is 4. The van der Waals surface area contributed by atoms with E-state index in [-0.39, 0.29) is 11.1 Å². The Balaban J connectivity index is 1.47. The molecule has 9 heteroatoms. The third-order valence-electron chi connectivity index (χ3n) is 5.38. The van der Waals surface area contributed by atoms with Crippen molar-refractivity contribution in [2.45, 2.75) is 64.2 Å². The van der Waals surface area contributed by atoms with Gasteiger partial charge in [-0.25, -0.2) is 14.8 Å². The van der Waals surface area contributed by atoms with Gasteiger partial charge in [0, 0.05) is 37.9 Å². The lowest BCUT2D eigenvalue weighted by atomic mass is 9.80. The number of piperidine rings is 1. The third kappa shape index (κ3) is 5.65. The molecule has 3 aromatic heterocycles. The van der Waals surface area contributed by atoms with Crippen LogP contribution in [0.3, 0.4) is 0 Å². The fourth-order valence-corrected chi connectivity index (χ4v) is 6.57. The Hall–Kier alpha value is -2.49. The van der Waals surface area contributed by atoms with Crippen molar-refractivity contribution in [2.75, 3.05) is 5.32 Å². The lowest BCUT2D eigenvalue weighted by Crippen LogP contribution is -2.60. The number of amides is 2. The number of hydrogen-bond acceptors (Lipinski definition) is 7. The topological polar surface area (TPSA) is 105 Å². The molecule has 170 valence electrons. The number of carbonyl (C=O) groups excluding carboxylic acids is 1. The number of nitrogens with two attached hydrogens (primary N) is 1. The van der Waals surface area contributed by atoms with Crippen LogP contribution in [0.5, 0.6) is 0 Å². The summed E-state index contributed by atoms with van der Waals surface area (Å²) in [6.07, 6.45) is 3.84. The van der Waals surface area contributed by atoms with Crippen molar-refractivity contribution in [2.24, 2.45) is 5.73 Å². The molecule has 1 fully saturated rings. The van der Waals surface area contributed by atoms with Gasteiger partial charge in [0.15, 0.2) is 0 Å². The van der Waals surface area contributed by atoms with E-state index in [1.165, 1.54) is 4.88 Å². The van der Waals surface area contributed by atoms with Gasteiger partial charge >= 0.3 is 6.03 Å². The zero-order chi connectivity index (χ0) is 22.9. The van der Waals surface area contributed by atoms with Gasteiger partial charge in [-0.05, 0) is 70.9 Å². The highest BCUT2D eigenvalue weighted by molar-refractivity contribution is 7.23. The quantitative estimate of drug-likeness (QED) is 0.413. The maximum atomic E-state index is 10.9. The molecule has 1 saturated heterocycles. The van der Waals surface area contributed by atoms with Crippen molar-refractivity contribution in [3.63, 3.8) is 0 Å². The Morgan fingerprint density at radius 3 is 2.44 bits per heavy atom. The molecule has 0 atom stereocenters. The van der Waals surface area contributed by atoms with E-state index in [0.29, 0.717) is 18.5 Å². The summed E-state index contributed by atoms with van der Waals surface area (Å²) in [6, 6.07) is 10.1. The molecule has 1 aliphatic heterocycles. The molecule has 4 heterocycles. The molecule has 0 unspecified atom stereocenters. The standard InChI is InChI=1S/C23H30N6OS2/c1-22(2)11-14(12-23(3,4)29-22)27-21-25-10-9-16(28-21)17-7-8-19(32-17)18-6-5-15(31-18)13-26-20(24)30/h5-10,14,29H,11-13H2,1-4H3,(H3,24,26,30)(H,25,27,28). The predicted octanol–water partition coefficient (Wildman–Crippen LogP) is 4.82. The number of carbonyl (C=O) groups is 1. The van der Waals surface area contributed by atoms with E-state index in [9.17, 15) is 4.79 Å². The zero-order valence-electron chi connectivity index (χ0n) is 18.9. The summed E-state index contributed by atoms with van der Waals surface area (Å²) >= 11 is 3.35. The molecule has 4 rings (SSSR count). The predicted molar refractivity (Wildman–Crippen MR) is 133 cm³/mol. The molecule has 0 aromatic carbocycles. The van der Waals surface area contributed by atoms with Gasteiger partial charge in [0.05, 0.1) is 17.1 Å². The van der Waals surface area contributed by atoms with Crippen LogP contribution in [0, 0.1) is 0 Å². The van der Waals surface area contributed by atoms with Gasteiger partial charge in [0.25, 0.3) is 0 Å². The maximum absolute atomic E-state index is 10.9. The van der Waals surface area contributed by atoms with E-state index < -0.39 is 6.03 Å². The van der Waals surface area contributed by atoms with Crippen LogP contribution >= 0.6 is 22.7 Å². The van der Waals surface area contributed by atoms with Crippen LogP contribution in [0.15, 0.2) is 36.5 Å². The number of aromatic nitrogens is 2. The van der Waals surface area contributed by atoms with Gasteiger partial charge in [-0.3, -0.25) is 0 Å². The minimum atomic E-state index is -0.511. The molecule has 0 saturated carbocycles. The van der Waals surface area contributed by atoms with Crippen LogP contribution < -0.4 is 21.7 Å². The third-order valence-corrected chi connectivity index (χ3v) is 7.77. The summed E-state index contributed by atoms with van der Waals surface area (Å²) in [5, 5.41) is 9.91. The first-order valence-corrected chi connectivity index (χ1v) is 12.3. The van der Waals surface area contributed by atoms with Crippen LogP contribution in [0.1, 0.15) is 45.4 Å². The van der Waals surface area contributed by atoms with Gasteiger partial charge in [-0.1, -0.05) is 0 Å². The zero-order valence-corrected chi connectivity index (χ0v) is 20.5. The molecule has 0 radical (unpaired) electrons. The number of rotatable bonds is 6. The van der Waals surface area contributed by atoms with Gasteiger partial charge < -0.3 is 21.7 Å². The molecule has 7 nitrogen and oxygen atoms in total. The summed E-state index contributed by atoms with van der Waals surface area (Å²) in [6.45, 7) is 9.42. The molecule has 0 spiro atoms. The number of thiophene rings is 2. The first-order chi connectivity index (χ1) is 15.1. The van der Waals surface area contributed by atoms with Gasteiger partial charge in [0.2, 0.25) is 5.95 Å². The van der Waals surface area contributed by atoms with Crippen molar-refractivity contribution < 1.29 is 4.79 Å². The van der Waals surface area contributed by atoms with Crippen LogP contribution in [0.2, 0.25) is 0 Å². The molecule has 1 aliphatic rings. The first kappa shape index (κ1) is 22.7. The maximum Gasteiger partial charge on any atom is 0.312 e. The summed E-state index contributed by atoms with van der Waals surface area (Å²) in [5.74, 6) is 0.673. The fraction of sp³-hybridized carbons (Fsp3) is 0.435. The second-order valence-corrected chi connectivity index (χ2v) is 11.8. The normalized spacial score (nSPS) is 17.8. The molecule has 0 bridgehead atoms. The summed E-state index contributed by atoms with van der Waals surface area (Å²) < 4.78 is 0. The highest BCUT2D eigenvalue weighted by Gasteiger charge is 2.37. The van der Waals surface area contributed by atoms with Gasteiger partial charge in [-0.2, -0.15) is 0 Å². The lowest BCUT2D eigenvalue weighted by Gasteiger charge is -2.46. The second kappa shape index (κ2) is 8.80. The summed E-state index contributed by atoms with van der Waals surface area (Å²) in [5.41, 5.74) is 6.20. The van der Waals surface area contributed by atoms with Gasteiger partial charge in [-0.15, -0.1) is 22.7 Å². The van der Waals surface area contributed by atoms with Crippen LogP contribution in [-0.4, -0.2) is 33.1 Å². The average Bonchev–Trinajstić information content (AvgIpc) is 3.33. The Labute approximate surface area is 196 Å². The van der Waals surface area contributed by atoms with E-state index in [4.69, 9.17) is 10.7 Å². The Kier molecular flexibility index (Phi) is 6.24. The van der Waals surface area contributed by atoms with Crippen molar-refractivity contribution in [1.29, 1.82) is 0 Å². The summed E-state index contributed by atoms with van der Waals surface area (Å²) in [4.78, 5) is 24.7. The minimum absolute atomic E-state index is 0.0617. The smallest absolute Gasteiger partial charge is 0.312 e. The van der Waals surface area contributed by atoms with E-state index in [0.717, 1.165) is 33.2 Å². The number of nitrogens with one attached hydrogen (secondary N) is 3. The largest absolute Gasteiger partial charge is 0.352 e. The number of urea groups is 1. The molecule has 0 aliphatic carbocycles. The van der Waals surface area contributed by atoms with Crippen molar-refractivity contribution >= 4 is 34.7 Å². The number of nitrogens with zero attached hydrogens (tertiary/aromatic N) is 2. The highest BCUT2D eigenvalue weighted by atomic mass is 32.1. The highest BCUT2D eigenvalue weighted by Crippen LogP contribution is 2.37. The first-order valence-electron chi connectivity index (χ1n) is 10.7. The minimum Gasteiger partial charge on any atom is -0.352 e. The Morgan fingerprint density at radius 2 is 1.72 bits per heavy atom. The van der Waals surface area contributed by atoms with E-state index in [1.807, 2.05) is 18.3 Å². The SMILES string of the molecule is CC1(C)CC(Nc2nccc(-c3ccc(-c4ccc(CNC(N)=O)s4)s3)n2)CC(C)(C)N1. The van der Waals surface area contributed by atoms with E-state index in [2.05, 4.69) is 66.8 Å². The van der Waals surface area contributed by atoms with E-state index in [1.54, 1.807) is 22.7 Å². The lowest BCUT2D eigenvalue weighted by molar-refractivity contribution is 0.170. The number of primary amides is 1. The van der Waals surface area contributed by atoms with E-state index >= 15 is 0 Å². The van der Waals surface area contributed by atoms with Crippen LogP contribution in [0.25, 0.3) is 20.3 Å². The molecular formula is C23H30N6OS2. The summed E-state index contributed by atoms with van der Waals surface area (Å²) in [7, 11) is 0. The molecular weight excluding hydrogens is 440 g/mol. The fourth-order valence-electron chi connectivity index (χ4n) is 4.56. The Bertz CT molecular complexity index is 1090. The second-order valence-electron chi connectivity index (χ2n) is 9.56. The van der Waals surface area contributed by atoms with Crippen molar-refractivity contribution in [1.82, 2.24) is 20.6 Å². The van der Waals surface area contributed by atoms with Gasteiger partial charge in [0.1, 0.15) is 0 Å². The Morgan fingerprint density at radius 1 is 1.06 bits per heavy atom. The van der Waals surface area contributed by atoms with Crippen molar-refractivity contribution in [3.05, 3.63) is 41.4 Å².